The van der Waals surface area contributed by atoms with Crippen LogP contribution in [0.3, 0.4) is 0 Å². The molecule has 0 amide bonds. The highest BCUT2D eigenvalue weighted by atomic mass is 32.2. The van der Waals surface area contributed by atoms with Crippen LogP contribution in [0.5, 0.6) is 0 Å². The van der Waals surface area contributed by atoms with Gasteiger partial charge in [0.15, 0.2) is 11.5 Å². The van der Waals surface area contributed by atoms with Gasteiger partial charge in [-0.3, -0.25) is 0 Å². The molecule has 35 heavy (non-hydrogen) atoms. The van der Waals surface area contributed by atoms with Crippen LogP contribution in [0.15, 0.2) is 73.3 Å². The molecule has 1 aliphatic heterocycles. The van der Waals surface area contributed by atoms with Crippen LogP contribution in [0, 0.1) is 5.92 Å². The Balaban J connectivity index is 1.32. The summed E-state index contributed by atoms with van der Waals surface area (Å²) < 4.78 is 13.2. The van der Waals surface area contributed by atoms with Gasteiger partial charge in [0.1, 0.15) is 18.5 Å². The number of nitrogens with zero attached hydrogens (tertiary/aromatic N) is 4. The predicted molar refractivity (Wildman–Crippen MR) is 132 cm³/mol. The van der Waals surface area contributed by atoms with Gasteiger partial charge in [-0.05, 0) is 30.7 Å². The molecule has 0 unspecified atom stereocenters. The number of fused-ring (bicyclic) bond motifs is 1. The minimum absolute atomic E-state index is 0.0436. The largest absolute Gasteiger partial charge is 0.462 e. The Labute approximate surface area is 205 Å². The summed E-state index contributed by atoms with van der Waals surface area (Å²) >= 11 is 1.64. The fraction of sp³-hybridized carbons (Fsp3) is 0.240. The van der Waals surface area contributed by atoms with Crippen molar-refractivity contribution < 1.29 is 19.1 Å². The standard InChI is InChI=1S/C25H23N5O4S/c26-22-21-23(28-14-27-22)30(15-29-21)20-11-18(12-33-24(31)16-7-3-1-4-8-16)19(35-20)13-34-25(32)17-9-5-2-6-10-17/h1-10,14-15,18-20H,11-13H2,(H2,26,27,28)/t18-,19-,20-/m1/s1. The molecule has 4 aromatic rings. The molecule has 5 rings (SSSR count). The highest BCUT2D eigenvalue weighted by molar-refractivity contribution is 8.00. The minimum Gasteiger partial charge on any atom is -0.462 e. The molecule has 1 aliphatic rings. The number of nitrogens with two attached hydrogens (primary N) is 1. The zero-order valence-electron chi connectivity index (χ0n) is 18.7. The number of thioether (sulfide) groups is 1. The Kier molecular flexibility index (Phi) is 6.62. The highest BCUT2D eigenvalue weighted by Crippen LogP contribution is 2.46. The summed E-state index contributed by atoms with van der Waals surface area (Å²) in [5, 5.41) is -0.136. The molecule has 2 aromatic heterocycles. The third-order valence-corrected chi connectivity index (χ3v) is 7.49. The molecular weight excluding hydrogens is 466 g/mol. The lowest BCUT2D eigenvalue weighted by molar-refractivity contribution is 0.0365. The summed E-state index contributed by atoms with van der Waals surface area (Å²) in [5.74, 6) is -0.493. The van der Waals surface area contributed by atoms with E-state index in [1.165, 1.54) is 6.33 Å². The Hall–Kier alpha value is -3.92. The van der Waals surface area contributed by atoms with E-state index in [4.69, 9.17) is 15.2 Å². The van der Waals surface area contributed by atoms with Gasteiger partial charge in [-0.15, -0.1) is 11.8 Å². The molecule has 1 saturated heterocycles. The number of carbonyl (C=O) groups is 2. The maximum Gasteiger partial charge on any atom is 0.338 e. The van der Waals surface area contributed by atoms with E-state index < -0.39 is 0 Å². The quantitative estimate of drug-likeness (QED) is 0.387. The van der Waals surface area contributed by atoms with Crippen molar-refractivity contribution in [3.63, 3.8) is 0 Å². The van der Waals surface area contributed by atoms with Crippen molar-refractivity contribution in [1.82, 2.24) is 19.5 Å². The second-order valence-corrected chi connectivity index (χ2v) is 9.56. The minimum atomic E-state index is -0.386. The van der Waals surface area contributed by atoms with E-state index >= 15 is 0 Å². The first kappa shape index (κ1) is 22.9. The fourth-order valence-electron chi connectivity index (χ4n) is 4.05. The zero-order chi connectivity index (χ0) is 24.2. The Bertz CT molecular complexity index is 1270. The number of carbonyl (C=O) groups excluding carboxylic acids is 2. The number of ether oxygens (including phenoxy) is 2. The third kappa shape index (κ3) is 4.97. The molecular formula is C25H23N5O4S. The second kappa shape index (κ2) is 10.1. The molecule has 0 bridgehead atoms. The molecule has 0 spiro atoms. The van der Waals surface area contributed by atoms with Crippen LogP contribution in [-0.2, 0) is 9.47 Å². The number of aromatic nitrogens is 4. The molecule has 1 fully saturated rings. The number of nitrogen functional groups attached to an aromatic ring is 1. The van der Waals surface area contributed by atoms with Gasteiger partial charge in [0.25, 0.3) is 0 Å². The predicted octanol–water partition coefficient (Wildman–Crippen LogP) is 3.74. The van der Waals surface area contributed by atoms with Gasteiger partial charge in [-0.25, -0.2) is 24.5 Å². The smallest absolute Gasteiger partial charge is 0.338 e. The topological polar surface area (TPSA) is 122 Å². The number of hydrogen-bond donors (Lipinski definition) is 1. The Morgan fingerprint density at radius 2 is 1.54 bits per heavy atom. The van der Waals surface area contributed by atoms with E-state index in [0.29, 0.717) is 34.5 Å². The van der Waals surface area contributed by atoms with Gasteiger partial charge < -0.3 is 19.8 Å². The molecule has 2 N–H and O–H groups in total. The van der Waals surface area contributed by atoms with Crippen molar-refractivity contribution in [2.75, 3.05) is 18.9 Å². The lowest BCUT2D eigenvalue weighted by atomic mass is 10.0. The van der Waals surface area contributed by atoms with Crippen LogP contribution in [0.25, 0.3) is 11.2 Å². The highest BCUT2D eigenvalue weighted by Gasteiger charge is 2.38. The van der Waals surface area contributed by atoms with Crippen molar-refractivity contribution in [1.29, 1.82) is 0 Å². The van der Waals surface area contributed by atoms with Gasteiger partial charge in [-0.2, -0.15) is 0 Å². The molecule has 3 heterocycles. The van der Waals surface area contributed by atoms with Gasteiger partial charge in [0, 0.05) is 11.2 Å². The molecule has 2 aromatic carbocycles. The lowest BCUT2D eigenvalue weighted by Gasteiger charge is -2.18. The number of rotatable bonds is 7. The van der Waals surface area contributed by atoms with Crippen LogP contribution in [-0.4, -0.2) is 49.9 Å². The number of benzene rings is 2. The van der Waals surface area contributed by atoms with Crippen molar-refractivity contribution in [3.05, 3.63) is 84.4 Å². The van der Waals surface area contributed by atoms with Crippen molar-refractivity contribution in [3.8, 4) is 0 Å². The first-order valence-corrected chi connectivity index (χ1v) is 12.1. The first-order chi connectivity index (χ1) is 17.1. The van der Waals surface area contributed by atoms with E-state index in [2.05, 4.69) is 15.0 Å². The molecule has 3 atom stereocenters. The summed E-state index contributed by atoms with van der Waals surface area (Å²) in [6.45, 7) is 0.390. The Morgan fingerprint density at radius 1 is 0.914 bits per heavy atom. The van der Waals surface area contributed by atoms with E-state index in [0.717, 1.165) is 0 Å². The second-order valence-electron chi connectivity index (χ2n) is 8.14. The van der Waals surface area contributed by atoms with Crippen LogP contribution in [0.2, 0.25) is 0 Å². The lowest BCUT2D eigenvalue weighted by Crippen LogP contribution is -2.25. The van der Waals surface area contributed by atoms with Crippen LogP contribution >= 0.6 is 11.8 Å². The number of anilines is 1. The van der Waals surface area contributed by atoms with Crippen molar-refractivity contribution in [2.45, 2.75) is 17.0 Å². The SMILES string of the molecule is Nc1ncnc2c1ncn2[C@H]1C[C@H](COC(=O)c2ccccc2)[C@@H](COC(=O)c2ccccc2)S1. The summed E-state index contributed by atoms with van der Waals surface area (Å²) in [5.41, 5.74) is 8.11. The first-order valence-electron chi connectivity index (χ1n) is 11.1. The van der Waals surface area contributed by atoms with Gasteiger partial charge in [0.05, 0.1) is 29.4 Å². The monoisotopic (exact) mass is 489 g/mol. The Morgan fingerprint density at radius 3 is 2.20 bits per heavy atom. The summed E-state index contributed by atoms with van der Waals surface area (Å²) in [4.78, 5) is 37.8. The molecule has 10 heteroatoms. The van der Waals surface area contributed by atoms with Gasteiger partial charge in [-0.1, -0.05) is 36.4 Å². The number of esters is 2. The van der Waals surface area contributed by atoms with Crippen molar-refractivity contribution in [2.24, 2.45) is 5.92 Å². The van der Waals surface area contributed by atoms with Gasteiger partial charge >= 0.3 is 11.9 Å². The van der Waals surface area contributed by atoms with Crippen LogP contribution < -0.4 is 5.73 Å². The molecule has 0 saturated carbocycles. The average molecular weight is 490 g/mol. The third-order valence-electron chi connectivity index (χ3n) is 5.89. The molecule has 0 aliphatic carbocycles. The molecule has 0 radical (unpaired) electrons. The molecule has 178 valence electrons. The van der Waals surface area contributed by atoms with E-state index in [9.17, 15) is 9.59 Å². The normalized spacial score (nSPS) is 19.5. The summed E-state index contributed by atoms with van der Waals surface area (Å²) in [6, 6.07) is 17.7. The average Bonchev–Trinajstić information content (AvgIpc) is 3.51. The maximum atomic E-state index is 12.5. The number of hydrogen-bond acceptors (Lipinski definition) is 9. The fourth-order valence-corrected chi connectivity index (χ4v) is 5.65. The summed E-state index contributed by atoms with van der Waals surface area (Å²) in [7, 11) is 0. The van der Waals surface area contributed by atoms with E-state index in [-0.39, 0.29) is 41.7 Å². The zero-order valence-corrected chi connectivity index (χ0v) is 19.5. The van der Waals surface area contributed by atoms with Gasteiger partial charge in [0.2, 0.25) is 0 Å². The van der Waals surface area contributed by atoms with Crippen molar-refractivity contribution >= 4 is 40.7 Å². The van der Waals surface area contributed by atoms with Crippen LogP contribution in [0.4, 0.5) is 5.82 Å². The van der Waals surface area contributed by atoms with E-state index in [1.54, 1.807) is 66.6 Å². The maximum absolute atomic E-state index is 12.5. The van der Waals surface area contributed by atoms with E-state index in [1.807, 2.05) is 16.7 Å². The summed E-state index contributed by atoms with van der Waals surface area (Å²) in [6.07, 6.45) is 3.78. The molecule has 9 nitrogen and oxygen atoms in total. The van der Waals surface area contributed by atoms with Crippen LogP contribution in [0.1, 0.15) is 32.5 Å². The number of imidazole rings is 1.